The first-order chi connectivity index (χ1) is 13.3. The highest BCUT2D eigenvalue weighted by Gasteiger charge is 2.46. The van der Waals surface area contributed by atoms with E-state index in [2.05, 4.69) is 11.4 Å². The van der Waals surface area contributed by atoms with Crippen molar-refractivity contribution in [2.45, 2.75) is 88.7 Å². The van der Waals surface area contributed by atoms with Gasteiger partial charge in [-0.3, -0.25) is 4.55 Å². The highest BCUT2D eigenvalue weighted by atomic mass is 32.2. The highest BCUT2D eigenvalue weighted by molar-refractivity contribution is 7.85. The average molecular weight is 424 g/mol. The van der Waals surface area contributed by atoms with E-state index in [0.717, 1.165) is 12.1 Å². The van der Waals surface area contributed by atoms with Gasteiger partial charge in [-0.1, -0.05) is 43.0 Å². The molecule has 1 aliphatic heterocycles. The largest absolute Gasteiger partial charge is 0.310 e. The Morgan fingerprint density at radius 1 is 1.07 bits per heavy atom. The maximum Gasteiger partial charge on any atom is 0.294 e. The lowest BCUT2D eigenvalue weighted by Crippen LogP contribution is -2.48. The van der Waals surface area contributed by atoms with Crippen LogP contribution in [0.2, 0.25) is 0 Å². The predicted octanol–water partition coefficient (Wildman–Crippen LogP) is 4.30. The standard InChI is InChI=1S/C15H27N2O.C7H8O3S/c1-14(2)10-12(15(3,4)17(14)18)11-16-13-8-6-5-7-9-13;1-6-2-4-7(5-3-6)11(8,9)10/h10,13,16H,5-9,11H2,1-4H3;2-5H,1H3,(H,8,9,10). The molecule has 1 fully saturated rings. The van der Waals surface area contributed by atoms with Crippen molar-refractivity contribution >= 4 is 10.1 Å². The summed E-state index contributed by atoms with van der Waals surface area (Å²) < 4.78 is 29.6. The Labute approximate surface area is 175 Å². The number of benzene rings is 1. The molecule has 1 aromatic rings. The molecule has 1 saturated carbocycles. The minimum atomic E-state index is -4.02. The molecule has 163 valence electrons. The first-order valence-corrected chi connectivity index (χ1v) is 11.8. The molecule has 1 radical (unpaired) electrons. The van der Waals surface area contributed by atoms with Gasteiger partial charge >= 0.3 is 0 Å². The van der Waals surface area contributed by atoms with E-state index in [1.807, 2.05) is 34.6 Å². The molecule has 6 nitrogen and oxygen atoms in total. The van der Waals surface area contributed by atoms with Crippen LogP contribution in [0, 0.1) is 6.92 Å². The summed E-state index contributed by atoms with van der Waals surface area (Å²) in [5, 5.41) is 17.1. The van der Waals surface area contributed by atoms with Gasteiger partial charge in [0.25, 0.3) is 10.1 Å². The van der Waals surface area contributed by atoms with Crippen LogP contribution in [0.25, 0.3) is 0 Å². The van der Waals surface area contributed by atoms with Gasteiger partial charge in [-0.05, 0) is 65.2 Å². The minimum Gasteiger partial charge on any atom is -0.310 e. The van der Waals surface area contributed by atoms with Gasteiger partial charge < -0.3 is 5.32 Å². The molecule has 0 aromatic heterocycles. The maximum absolute atomic E-state index is 12.2. The van der Waals surface area contributed by atoms with E-state index < -0.39 is 10.1 Å². The van der Waals surface area contributed by atoms with Crippen LogP contribution in [0.4, 0.5) is 0 Å². The molecule has 29 heavy (non-hydrogen) atoms. The fourth-order valence-corrected chi connectivity index (χ4v) is 4.53. The van der Waals surface area contributed by atoms with E-state index in [-0.39, 0.29) is 16.0 Å². The van der Waals surface area contributed by atoms with Gasteiger partial charge in [0.15, 0.2) is 0 Å². The Hall–Kier alpha value is -1.25. The quantitative estimate of drug-likeness (QED) is 0.557. The average Bonchev–Trinajstić information content (AvgIpc) is 2.80. The van der Waals surface area contributed by atoms with E-state index in [4.69, 9.17) is 4.55 Å². The maximum atomic E-state index is 12.2. The third-order valence-electron chi connectivity index (χ3n) is 5.85. The van der Waals surface area contributed by atoms with Crippen molar-refractivity contribution in [1.82, 2.24) is 10.4 Å². The van der Waals surface area contributed by atoms with Gasteiger partial charge in [0.1, 0.15) is 0 Å². The molecule has 1 heterocycles. The summed E-state index contributed by atoms with van der Waals surface area (Å²) in [7, 11) is -4.02. The topological polar surface area (TPSA) is 89.5 Å². The van der Waals surface area contributed by atoms with Crippen LogP contribution in [-0.4, -0.2) is 41.7 Å². The summed E-state index contributed by atoms with van der Waals surface area (Å²) in [5.74, 6) is 0. The van der Waals surface area contributed by atoms with E-state index in [1.165, 1.54) is 54.9 Å². The molecule has 0 atom stereocenters. The first kappa shape index (κ1) is 24.0. The molecule has 1 aromatic carbocycles. The Bertz CT molecular complexity index is 808. The Balaban J connectivity index is 0.000000234. The molecular weight excluding hydrogens is 388 g/mol. The van der Waals surface area contributed by atoms with Gasteiger partial charge in [0, 0.05) is 12.6 Å². The highest BCUT2D eigenvalue weighted by Crippen LogP contribution is 2.38. The first-order valence-electron chi connectivity index (χ1n) is 10.3. The predicted molar refractivity (Wildman–Crippen MR) is 115 cm³/mol. The lowest BCUT2D eigenvalue weighted by Gasteiger charge is -2.34. The van der Waals surface area contributed by atoms with E-state index in [1.54, 1.807) is 12.1 Å². The number of rotatable bonds is 4. The summed E-state index contributed by atoms with van der Waals surface area (Å²) in [5.41, 5.74) is 1.46. The molecule has 2 N–H and O–H groups in total. The van der Waals surface area contributed by atoms with Gasteiger partial charge in [0.2, 0.25) is 0 Å². The molecule has 0 bridgehead atoms. The summed E-state index contributed by atoms with van der Waals surface area (Å²) in [6.07, 6.45) is 8.80. The van der Waals surface area contributed by atoms with Crippen LogP contribution in [0.3, 0.4) is 0 Å². The van der Waals surface area contributed by atoms with Crippen LogP contribution < -0.4 is 5.32 Å². The van der Waals surface area contributed by atoms with Crippen molar-refractivity contribution in [2.24, 2.45) is 0 Å². The number of hydrogen-bond donors (Lipinski definition) is 2. The number of aryl methyl sites for hydroxylation is 1. The third-order valence-corrected chi connectivity index (χ3v) is 6.72. The molecule has 0 spiro atoms. The molecule has 0 unspecified atom stereocenters. The molecule has 0 saturated heterocycles. The van der Waals surface area contributed by atoms with Crippen LogP contribution in [0.1, 0.15) is 65.4 Å². The smallest absolute Gasteiger partial charge is 0.294 e. The monoisotopic (exact) mass is 423 g/mol. The summed E-state index contributed by atoms with van der Waals surface area (Å²) in [4.78, 5) is -0.0666. The van der Waals surface area contributed by atoms with Crippen molar-refractivity contribution in [1.29, 1.82) is 0 Å². The lowest BCUT2D eigenvalue weighted by atomic mass is 9.93. The fourth-order valence-electron chi connectivity index (χ4n) is 4.05. The second-order valence-corrected chi connectivity index (χ2v) is 10.6. The molecule has 1 aliphatic carbocycles. The third kappa shape index (κ3) is 6.36. The zero-order chi connectivity index (χ0) is 21.9. The Morgan fingerprint density at radius 2 is 1.62 bits per heavy atom. The number of hydrogen-bond acceptors (Lipinski definition) is 4. The number of nitrogens with one attached hydrogen (secondary N) is 1. The van der Waals surface area contributed by atoms with Crippen LogP contribution in [-0.2, 0) is 15.3 Å². The van der Waals surface area contributed by atoms with Gasteiger partial charge in [0.05, 0.1) is 16.0 Å². The second kappa shape index (κ2) is 9.27. The SMILES string of the molecule is CC1(C)C=C(CNC2CCCCC2)C(C)(C)N1[O].Cc1ccc(S(=O)(=O)O)cc1. The van der Waals surface area contributed by atoms with Crippen molar-refractivity contribution in [3.05, 3.63) is 41.5 Å². The number of hydroxylamine groups is 2. The Kier molecular flexibility index (Phi) is 7.68. The fraction of sp³-hybridized carbons (Fsp3) is 0.636. The van der Waals surface area contributed by atoms with E-state index >= 15 is 0 Å². The molecule has 7 heteroatoms. The minimum absolute atomic E-state index is 0.0666. The molecule has 3 rings (SSSR count). The summed E-state index contributed by atoms with van der Waals surface area (Å²) in [6.45, 7) is 10.8. The Morgan fingerprint density at radius 3 is 2.07 bits per heavy atom. The zero-order valence-corrected chi connectivity index (χ0v) is 19.1. The summed E-state index contributed by atoms with van der Waals surface area (Å²) in [6, 6.07) is 6.64. The number of nitrogens with zero attached hydrogens (tertiary/aromatic N) is 1. The molecular formula is C22H35N2O4S. The molecule has 2 aliphatic rings. The lowest BCUT2D eigenvalue weighted by molar-refractivity contribution is -0.238. The van der Waals surface area contributed by atoms with E-state index in [9.17, 15) is 13.6 Å². The van der Waals surface area contributed by atoms with Crippen LogP contribution in [0.5, 0.6) is 0 Å². The normalized spacial score (nSPS) is 22.0. The van der Waals surface area contributed by atoms with Crippen LogP contribution >= 0.6 is 0 Å². The van der Waals surface area contributed by atoms with Crippen molar-refractivity contribution in [3.8, 4) is 0 Å². The van der Waals surface area contributed by atoms with Crippen molar-refractivity contribution in [2.75, 3.05) is 6.54 Å². The van der Waals surface area contributed by atoms with Crippen molar-refractivity contribution in [3.63, 3.8) is 0 Å². The van der Waals surface area contributed by atoms with Gasteiger partial charge in [-0.15, -0.1) is 10.3 Å². The second-order valence-electron chi connectivity index (χ2n) is 9.18. The van der Waals surface area contributed by atoms with Gasteiger partial charge in [-0.25, -0.2) is 0 Å². The zero-order valence-electron chi connectivity index (χ0n) is 18.2. The van der Waals surface area contributed by atoms with Crippen molar-refractivity contribution < 1.29 is 18.2 Å². The molecule has 0 amide bonds. The van der Waals surface area contributed by atoms with Crippen LogP contribution in [0.15, 0.2) is 40.8 Å². The van der Waals surface area contributed by atoms with Gasteiger partial charge in [-0.2, -0.15) is 8.42 Å². The summed E-state index contributed by atoms with van der Waals surface area (Å²) >= 11 is 0. The van der Waals surface area contributed by atoms with E-state index in [0.29, 0.717) is 6.04 Å².